The van der Waals surface area contributed by atoms with Gasteiger partial charge in [0.1, 0.15) is 11.6 Å². The number of nitrogens with zero attached hydrogens (tertiary/aromatic N) is 2. The molecular weight excluding hydrogens is 392 g/mol. The van der Waals surface area contributed by atoms with Gasteiger partial charge in [0, 0.05) is 37.3 Å². The van der Waals surface area contributed by atoms with E-state index < -0.39 is 23.5 Å². The summed E-state index contributed by atoms with van der Waals surface area (Å²) in [4.78, 5) is 28.0. The maximum Gasteiger partial charge on any atom is 0.419 e. The van der Waals surface area contributed by atoms with E-state index >= 15 is 0 Å². The van der Waals surface area contributed by atoms with E-state index in [2.05, 4.69) is 0 Å². The fourth-order valence-electron chi connectivity index (χ4n) is 3.09. The number of benzene rings is 2. The molecule has 1 aliphatic rings. The summed E-state index contributed by atoms with van der Waals surface area (Å²) < 4.78 is 57.1. The SMILES string of the molecule is COc1ccc(C(=O)N2CCN(C(=O)c3ccc(F)c(C(F)(F)F)c3)CC2)cc1. The smallest absolute Gasteiger partial charge is 0.419 e. The summed E-state index contributed by atoms with van der Waals surface area (Å²) in [5, 5.41) is 0. The number of ether oxygens (including phenoxy) is 1. The number of alkyl halides is 3. The van der Waals surface area contributed by atoms with Gasteiger partial charge in [0.25, 0.3) is 11.8 Å². The first kappa shape index (κ1) is 20.6. The van der Waals surface area contributed by atoms with Crippen LogP contribution in [0.1, 0.15) is 26.3 Å². The van der Waals surface area contributed by atoms with Crippen molar-refractivity contribution in [3.8, 4) is 5.75 Å². The third-order valence-corrected chi connectivity index (χ3v) is 4.71. The Morgan fingerprint density at radius 2 is 1.34 bits per heavy atom. The zero-order valence-corrected chi connectivity index (χ0v) is 15.5. The van der Waals surface area contributed by atoms with Crippen LogP contribution in [0.25, 0.3) is 0 Å². The van der Waals surface area contributed by atoms with E-state index in [-0.39, 0.29) is 37.6 Å². The Bertz CT molecular complexity index is 905. The lowest BCUT2D eigenvalue weighted by atomic mass is 10.1. The highest BCUT2D eigenvalue weighted by molar-refractivity contribution is 5.96. The number of hydrogen-bond acceptors (Lipinski definition) is 3. The van der Waals surface area contributed by atoms with Gasteiger partial charge in [-0.15, -0.1) is 0 Å². The molecule has 0 aromatic heterocycles. The van der Waals surface area contributed by atoms with Crippen molar-refractivity contribution >= 4 is 11.8 Å². The summed E-state index contributed by atoms with van der Waals surface area (Å²) in [6, 6.07) is 8.79. The molecule has 9 heteroatoms. The molecule has 1 heterocycles. The first-order valence-corrected chi connectivity index (χ1v) is 8.80. The van der Waals surface area contributed by atoms with Gasteiger partial charge in [-0.1, -0.05) is 0 Å². The Morgan fingerprint density at radius 3 is 1.83 bits per heavy atom. The van der Waals surface area contributed by atoms with E-state index in [1.54, 1.807) is 29.2 Å². The number of carbonyl (C=O) groups is 2. The van der Waals surface area contributed by atoms with Crippen molar-refractivity contribution in [2.75, 3.05) is 33.3 Å². The van der Waals surface area contributed by atoms with Gasteiger partial charge >= 0.3 is 6.18 Å². The summed E-state index contributed by atoms with van der Waals surface area (Å²) >= 11 is 0. The van der Waals surface area contributed by atoms with Crippen molar-refractivity contribution in [3.63, 3.8) is 0 Å². The second kappa shape index (κ2) is 8.10. The van der Waals surface area contributed by atoms with Gasteiger partial charge in [0.2, 0.25) is 0 Å². The average molecular weight is 410 g/mol. The molecule has 2 aromatic rings. The van der Waals surface area contributed by atoms with Gasteiger partial charge in [0.05, 0.1) is 12.7 Å². The van der Waals surface area contributed by atoms with Crippen LogP contribution in [0.4, 0.5) is 17.6 Å². The average Bonchev–Trinajstić information content (AvgIpc) is 2.72. The van der Waals surface area contributed by atoms with Crippen LogP contribution in [0.15, 0.2) is 42.5 Å². The molecule has 0 aliphatic carbocycles. The molecule has 3 rings (SSSR count). The Morgan fingerprint density at radius 1 is 0.862 bits per heavy atom. The topological polar surface area (TPSA) is 49.9 Å². The number of methoxy groups -OCH3 is 1. The molecule has 0 bridgehead atoms. The predicted molar refractivity (Wildman–Crippen MR) is 96.2 cm³/mol. The predicted octanol–water partition coefficient (Wildman–Crippen LogP) is 3.45. The molecule has 0 saturated carbocycles. The molecule has 154 valence electrons. The van der Waals surface area contributed by atoms with Gasteiger partial charge in [-0.25, -0.2) is 4.39 Å². The molecule has 29 heavy (non-hydrogen) atoms. The van der Waals surface area contributed by atoms with Crippen molar-refractivity contribution in [3.05, 3.63) is 65.0 Å². The van der Waals surface area contributed by atoms with Crippen molar-refractivity contribution in [2.24, 2.45) is 0 Å². The largest absolute Gasteiger partial charge is 0.497 e. The number of amides is 2. The molecule has 1 saturated heterocycles. The lowest BCUT2D eigenvalue weighted by molar-refractivity contribution is -0.140. The minimum atomic E-state index is -4.89. The van der Waals surface area contributed by atoms with Crippen LogP contribution in [0.2, 0.25) is 0 Å². The number of rotatable bonds is 3. The van der Waals surface area contributed by atoms with Crippen LogP contribution in [-0.2, 0) is 6.18 Å². The highest BCUT2D eigenvalue weighted by Crippen LogP contribution is 2.32. The zero-order chi connectivity index (χ0) is 21.2. The molecule has 1 fully saturated rings. The number of hydrogen-bond donors (Lipinski definition) is 0. The van der Waals surface area contributed by atoms with Gasteiger partial charge in [-0.3, -0.25) is 9.59 Å². The second-order valence-electron chi connectivity index (χ2n) is 6.51. The molecule has 5 nitrogen and oxygen atoms in total. The minimum Gasteiger partial charge on any atom is -0.497 e. The second-order valence-corrected chi connectivity index (χ2v) is 6.51. The van der Waals surface area contributed by atoms with Crippen molar-refractivity contribution < 1.29 is 31.9 Å². The number of carbonyl (C=O) groups excluding carboxylic acids is 2. The van der Waals surface area contributed by atoms with E-state index in [4.69, 9.17) is 4.74 Å². The molecule has 2 amide bonds. The Kier molecular flexibility index (Phi) is 5.76. The molecule has 0 N–H and O–H groups in total. The van der Waals surface area contributed by atoms with Crippen molar-refractivity contribution in [1.82, 2.24) is 9.80 Å². The van der Waals surface area contributed by atoms with E-state index in [1.807, 2.05) is 0 Å². The third kappa shape index (κ3) is 4.49. The third-order valence-electron chi connectivity index (χ3n) is 4.71. The lowest BCUT2D eigenvalue weighted by Gasteiger charge is -2.35. The fraction of sp³-hybridized carbons (Fsp3) is 0.300. The van der Waals surface area contributed by atoms with Crippen LogP contribution in [-0.4, -0.2) is 54.9 Å². The van der Waals surface area contributed by atoms with Gasteiger partial charge in [-0.05, 0) is 42.5 Å². The van der Waals surface area contributed by atoms with Crippen LogP contribution in [0.3, 0.4) is 0 Å². The van der Waals surface area contributed by atoms with Gasteiger partial charge in [-0.2, -0.15) is 13.2 Å². The van der Waals surface area contributed by atoms with E-state index in [9.17, 15) is 27.2 Å². The monoisotopic (exact) mass is 410 g/mol. The summed E-state index contributed by atoms with van der Waals surface area (Å²) in [5.41, 5.74) is -1.25. The number of halogens is 4. The normalized spacial score (nSPS) is 14.7. The molecule has 0 spiro atoms. The summed E-state index contributed by atoms with van der Waals surface area (Å²) in [6.45, 7) is 0.812. The Balaban J connectivity index is 1.66. The first-order chi connectivity index (χ1) is 13.7. The molecule has 1 aliphatic heterocycles. The quantitative estimate of drug-likeness (QED) is 0.729. The summed E-state index contributed by atoms with van der Waals surface area (Å²) in [5.74, 6) is -1.65. The van der Waals surface area contributed by atoms with Crippen molar-refractivity contribution in [2.45, 2.75) is 6.18 Å². The highest BCUT2D eigenvalue weighted by atomic mass is 19.4. The van der Waals surface area contributed by atoms with Crippen LogP contribution < -0.4 is 4.74 Å². The molecule has 0 atom stereocenters. The highest BCUT2D eigenvalue weighted by Gasteiger charge is 2.35. The van der Waals surface area contributed by atoms with E-state index in [0.29, 0.717) is 23.4 Å². The van der Waals surface area contributed by atoms with E-state index in [0.717, 1.165) is 6.07 Å². The Labute approximate surface area is 164 Å². The maximum atomic E-state index is 13.4. The van der Waals surface area contributed by atoms with Crippen LogP contribution >= 0.6 is 0 Å². The Hall–Kier alpha value is -3.10. The summed E-state index contributed by atoms with van der Waals surface area (Å²) in [6.07, 6.45) is -4.89. The standard InChI is InChI=1S/C20H18F4N2O3/c1-29-15-5-2-13(3-6-15)18(27)25-8-10-26(11-9-25)19(28)14-4-7-17(21)16(12-14)20(22,23)24/h2-7,12H,8-11H2,1H3. The zero-order valence-electron chi connectivity index (χ0n) is 15.5. The summed E-state index contributed by atoms with van der Waals surface area (Å²) in [7, 11) is 1.52. The molecular formula is C20H18F4N2O3. The maximum absolute atomic E-state index is 13.4. The molecule has 2 aromatic carbocycles. The number of piperazine rings is 1. The van der Waals surface area contributed by atoms with Crippen LogP contribution in [0.5, 0.6) is 5.75 Å². The first-order valence-electron chi connectivity index (χ1n) is 8.80. The lowest BCUT2D eigenvalue weighted by Crippen LogP contribution is -2.50. The van der Waals surface area contributed by atoms with Crippen molar-refractivity contribution in [1.29, 1.82) is 0 Å². The minimum absolute atomic E-state index is 0.166. The van der Waals surface area contributed by atoms with Gasteiger partial charge < -0.3 is 14.5 Å². The molecule has 0 radical (unpaired) electrons. The fourth-order valence-corrected chi connectivity index (χ4v) is 3.09. The van der Waals surface area contributed by atoms with E-state index in [1.165, 1.54) is 12.0 Å². The van der Waals surface area contributed by atoms with Gasteiger partial charge in [0.15, 0.2) is 0 Å². The molecule has 0 unspecified atom stereocenters. The van der Waals surface area contributed by atoms with Crippen LogP contribution in [0, 0.1) is 5.82 Å².